The molecule has 1 aliphatic heterocycles. The van der Waals surface area contributed by atoms with Gasteiger partial charge in [-0.1, -0.05) is 42.5 Å². The van der Waals surface area contributed by atoms with Gasteiger partial charge in [-0.25, -0.2) is 4.98 Å². The quantitative estimate of drug-likeness (QED) is 0.335. The van der Waals surface area contributed by atoms with Crippen LogP contribution in [0.15, 0.2) is 84.9 Å². The number of non-ortho nitro benzene ring substituents is 1. The van der Waals surface area contributed by atoms with Gasteiger partial charge in [-0.15, -0.1) is 0 Å². The molecule has 2 heterocycles. The van der Waals surface area contributed by atoms with Crippen molar-refractivity contribution in [3.63, 3.8) is 0 Å². The maximum atomic E-state index is 10.9. The Morgan fingerprint density at radius 1 is 1.06 bits per heavy atom. The predicted molar refractivity (Wildman–Crippen MR) is 132 cm³/mol. The van der Waals surface area contributed by atoms with Crippen molar-refractivity contribution in [3.05, 3.63) is 106 Å². The number of methoxy groups -OCH3 is 1. The molecule has 0 atom stereocenters. The minimum Gasteiger partial charge on any atom is -0.497 e. The minimum absolute atomic E-state index is 0.120. The summed E-state index contributed by atoms with van der Waals surface area (Å²) in [5.74, 6) is 1.40. The molecule has 0 amide bonds. The van der Waals surface area contributed by atoms with Crippen molar-refractivity contribution in [2.24, 2.45) is 0 Å². The molecule has 1 aliphatic rings. The number of pyridine rings is 1. The molecule has 0 aliphatic carbocycles. The number of benzene rings is 3. The van der Waals surface area contributed by atoms with Crippen molar-refractivity contribution in [1.29, 1.82) is 0 Å². The molecule has 3 aromatic carbocycles. The first-order valence-corrected chi connectivity index (χ1v) is 10.5. The van der Waals surface area contributed by atoms with Gasteiger partial charge in [0.2, 0.25) is 0 Å². The Morgan fingerprint density at radius 3 is 2.61 bits per heavy atom. The molecule has 0 radical (unpaired) electrons. The number of nitro benzene ring substituents is 1. The molecule has 2 N–H and O–H groups in total. The Bertz CT molecular complexity index is 1300. The molecule has 0 unspecified atom stereocenters. The van der Waals surface area contributed by atoms with E-state index in [1.54, 1.807) is 19.2 Å². The van der Waals surface area contributed by atoms with Crippen molar-refractivity contribution in [2.45, 2.75) is 6.54 Å². The average Bonchev–Trinajstić information content (AvgIpc) is 2.84. The maximum absolute atomic E-state index is 10.9. The molecule has 0 saturated heterocycles. The second-order valence-corrected chi connectivity index (χ2v) is 7.56. The molecule has 0 spiro atoms. The Labute approximate surface area is 191 Å². The van der Waals surface area contributed by atoms with Crippen molar-refractivity contribution >= 4 is 34.2 Å². The van der Waals surface area contributed by atoms with Gasteiger partial charge in [0.05, 0.1) is 17.5 Å². The summed E-state index contributed by atoms with van der Waals surface area (Å²) in [6, 6.07) is 24.6. The molecular formula is C26H24N4O3. The molecule has 0 fully saturated rings. The van der Waals surface area contributed by atoms with Crippen LogP contribution >= 0.6 is 0 Å². The topological polar surface area (TPSA) is 94.5 Å². The first kappa shape index (κ1) is 21.8. The van der Waals surface area contributed by atoms with Crippen LogP contribution in [0.5, 0.6) is 5.75 Å². The van der Waals surface area contributed by atoms with E-state index in [0.29, 0.717) is 5.82 Å². The normalized spacial score (nSPS) is 12.0. The number of nitrogen functional groups attached to an aromatic ring is 1. The Balaban J connectivity index is 0.000000196. The minimum atomic E-state index is -0.365. The van der Waals surface area contributed by atoms with Crippen LogP contribution in [0.2, 0.25) is 0 Å². The number of rotatable bonds is 4. The van der Waals surface area contributed by atoms with Gasteiger partial charge in [0, 0.05) is 41.9 Å². The van der Waals surface area contributed by atoms with Crippen molar-refractivity contribution < 1.29 is 9.66 Å². The molecule has 0 saturated carbocycles. The third-order valence-corrected chi connectivity index (χ3v) is 5.34. The Hall–Kier alpha value is -4.39. The number of fused-ring (bicyclic) bond motifs is 2. The van der Waals surface area contributed by atoms with Gasteiger partial charge in [-0.05, 0) is 42.0 Å². The number of hydrogen-bond acceptors (Lipinski definition) is 6. The number of para-hydroxylation sites is 1. The van der Waals surface area contributed by atoms with E-state index in [0.717, 1.165) is 41.0 Å². The number of nitro groups is 1. The summed E-state index contributed by atoms with van der Waals surface area (Å²) in [6.07, 6.45) is 3.96. The van der Waals surface area contributed by atoms with Crippen molar-refractivity contribution in [1.82, 2.24) is 4.98 Å². The summed E-state index contributed by atoms with van der Waals surface area (Å²) in [7, 11) is 1.65. The fourth-order valence-electron chi connectivity index (χ4n) is 3.67. The van der Waals surface area contributed by atoms with E-state index >= 15 is 0 Å². The van der Waals surface area contributed by atoms with Gasteiger partial charge in [-0.3, -0.25) is 10.1 Å². The molecule has 7 nitrogen and oxygen atoms in total. The summed E-state index contributed by atoms with van der Waals surface area (Å²) >= 11 is 0. The van der Waals surface area contributed by atoms with E-state index in [-0.39, 0.29) is 10.6 Å². The molecular weight excluding hydrogens is 416 g/mol. The maximum Gasteiger partial charge on any atom is 0.270 e. The van der Waals surface area contributed by atoms with Crippen LogP contribution in [0.3, 0.4) is 0 Å². The largest absolute Gasteiger partial charge is 0.497 e. The van der Waals surface area contributed by atoms with Gasteiger partial charge >= 0.3 is 0 Å². The van der Waals surface area contributed by atoms with Crippen LogP contribution in [0.25, 0.3) is 17.0 Å². The van der Waals surface area contributed by atoms with Crippen LogP contribution < -0.4 is 15.4 Å². The highest BCUT2D eigenvalue weighted by Crippen LogP contribution is 2.30. The summed E-state index contributed by atoms with van der Waals surface area (Å²) in [5, 5.41) is 12.0. The Morgan fingerprint density at radius 2 is 1.85 bits per heavy atom. The van der Waals surface area contributed by atoms with Crippen LogP contribution in [0.4, 0.5) is 17.2 Å². The zero-order valence-electron chi connectivity index (χ0n) is 18.2. The summed E-state index contributed by atoms with van der Waals surface area (Å²) in [5.41, 5.74) is 9.65. The summed E-state index contributed by atoms with van der Waals surface area (Å²) < 4.78 is 5.16. The van der Waals surface area contributed by atoms with E-state index in [1.807, 2.05) is 78.9 Å². The molecule has 5 rings (SSSR count). The van der Waals surface area contributed by atoms with Crippen molar-refractivity contribution in [2.75, 3.05) is 24.3 Å². The van der Waals surface area contributed by atoms with Gasteiger partial charge in [-0.2, -0.15) is 0 Å². The number of aromatic nitrogens is 1. The standard InChI is InChI=1S/C17H16N2O3.C9H8N2/c1-22-16-7-4-13(5-8-16)12-18-10-2-3-14-11-15(19(20)21)6-9-17(14)18;10-9-6-5-7-3-1-2-4-8(7)11-9/h2-9,11H,10,12H2,1H3;1-6H,(H2,10,11). The lowest BCUT2D eigenvalue weighted by Crippen LogP contribution is -2.25. The van der Waals surface area contributed by atoms with Gasteiger partial charge < -0.3 is 15.4 Å². The van der Waals surface area contributed by atoms with Gasteiger partial charge in [0.15, 0.2) is 0 Å². The third-order valence-electron chi connectivity index (χ3n) is 5.34. The molecule has 33 heavy (non-hydrogen) atoms. The first-order valence-electron chi connectivity index (χ1n) is 10.5. The third kappa shape index (κ3) is 5.27. The van der Waals surface area contributed by atoms with E-state index in [4.69, 9.17) is 10.5 Å². The lowest BCUT2D eigenvalue weighted by atomic mass is 10.1. The lowest BCUT2D eigenvalue weighted by molar-refractivity contribution is -0.384. The highest BCUT2D eigenvalue weighted by Gasteiger charge is 2.17. The van der Waals surface area contributed by atoms with Crippen molar-refractivity contribution in [3.8, 4) is 5.75 Å². The van der Waals surface area contributed by atoms with E-state index < -0.39 is 0 Å². The van der Waals surface area contributed by atoms with E-state index in [2.05, 4.69) is 9.88 Å². The highest BCUT2D eigenvalue weighted by molar-refractivity contribution is 5.79. The molecule has 4 aromatic rings. The van der Waals surface area contributed by atoms with Crippen LogP contribution in [0.1, 0.15) is 11.1 Å². The SMILES string of the molecule is COc1ccc(CN2CC=Cc3cc([N+](=O)[O-])ccc32)cc1.Nc1ccc2ccccc2n1. The fourth-order valence-corrected chi connectivity index (χ4v) is 3.67. The molecule has 166 valence electrons. The summed E-state index contributed by atoms with van der Waals surface area (Å²) in [4.78, 5) is 16.9. The van der Waals surface area contributed by atoms with Crippen LogP contribution in [-0.2, 0) is 6.54 Å². The number of anilines is 2. The van der Waals surface area contributed by atoms with Gasteiger partial charge in [0.25, 0.3) is 5.69 Å². The number of nitrogens with two attached hydrogens (primary N) is 1. The number of nitrogens with zero attached hydrogens (tertiary/aromatic N) is 3. The Kier molecular flexibility index (Phi) is 6.50. The molecule has 1 aromatic heterocycles. The second-order valence-electron chi connectivity index (χ2n) is 7.56. The average molecular weight is 441 g/mol. The first-order chi connectivity index (χ1) is 16.0. The van der Waals surface area contributed by atoms with Gasteiger partial charge in [0.1, 0.15) is 11.6 Å². The zero-order valence-corrected chi connectivity index (χ0v) is 18.2. The molecule has 0 bridgehead atoms. The predicted octanol–water partition coefficient (Wildman–Crippen LogP) is 5.45. The van der Waals surface area contributed by atoms with E-state index in [9.17, 15) is 10.1 Å². The molecule has 7 heteroatoms. The highest BCUT2D eigenvalue weighted by atomic mass is 16.6. The lowest BCUT2D eigenvalue weighted by Gasteiger charge is -2.28. The van der Waals surface area contributed by atoms with E-state index in [1.165, 1.54) is 5.56 Å². The smallest absolute Gasteiger partial charge is 0.270 e. The number of ether oxygens (including phenoxy) is 1. The monoisotopic (exact) mass is 440 g/mol. The second kappa shape index (κ2) is 9.82. The zero-order chi connectivity index (χ0) is 23.2. The summed E-state index contributed by atoms with van der Waals surface area (Å²) in [6.45, 7) is 1.54. The van der Waals surface area contributed by atoms with Crippen LogP contribution in [0, 0.1) is 10.1 Å². The van der Waals surface area contributed by atoms with Crippen LogP contribution in [-0.4, -0.2) is 23.6 Å². The fraction of sp³-hybridized carbons (Fsp3) is 0.115. The number of hydrogen-bond donors (Lipinski definition) is 1.